The molecule has 2 rings (SSSR count). The highest BCUT2D eigenvalue weighted by Gasteiger charge is 2.03. The fourth-order valence-electron chi connectivity index (χ4n) is 1.47. The lowest BCUT2D eigenvalue weighted by Gasteiger charge is -2.06. The molecule has 0 fully saturated rings. The van der Waals surface area contributed by atoms with E-state index < -0.39 is 0 Å². The number of fused-ring (bicyclic) bond motifs is 1. The second kappa shape index (κ2) is 4.29. The number of aromatic amines is 1. The Balaban J connectivity index is 2.45. The quantitative estimate of drug-likeness (QED) is 0.551. The van der Waals surface area contributed by atoms with Crippen LogP contribution in [0.15, 0.2) is 35.1 Å². The maximum absolute atomic E-state index is 11.8. The fourth-order valence-corrected chi connectivity index (χ4v) is 1.47. The van der Waals surface area contributed by atoms with Crippen LogP contribution in [0.3, 0.4) is 0 Å². The van der Waals surface area contributed by atoms with Crippen molar-refractivity contribution in [3.05, 3.63) is 40.7 Å². The van der Waals surface area contributed by atoms with E-state index in [1.807, 2.05) is 6.92 Å². The van der Waals surface area contributed by atoms with Crippen LogP contribution in [-0.2, 0) is 0 Å². The Kier molecular flexibility index (Phi) is 2.82. The first-order valence-corrected chi connectivity index (χ1v) is 5.24. The number of nitrogen functional groups attached to an aromatic ring is 1. The second-order valence-electron chi connectivity index (χ2n) is 4.00. The number of benzene rings is 1. The zero-order chi connectivity index (χ0) is 12.4. The molecule has 5 heteroatoms. The van der Waals surface area contributed by atoms with Gasteiger partial charge in [0, 0.05) is 12.2 Å². The van der Waals surface area contributed by atoms with Gasteiger partial charge in [0.2, 0.25) is 5.95 Å². The Morgan fingerprint density at radius 2 is 2.35 bits per heavy atom. The molecule has 0 aliphatic carbocycles. The standard InChI is InChI=1S/C12H14N4O/c1-7(2)6-14-12-15-10-4-3-8(13)5-9(10)11(17)16-12/h3-5H,1,6,13H2,2H3,(H2,14,15,16,17). The lowest BCUT2D eigenvalue weighted by Crippen LogP contribution is -2.14. The van der Waals surface area contributed by atoms with Gasteiger partial charge in [-0.2, -0.15) is 0 Å². The first-order chi connectivity index (χ1) is 8.06. The van der Waals surface area contributed by atoms with E-state index >= 15 is 0 Å². The highest BCUT2D eigenvalue weighted by atomic mass is 16.1. The van der Waals surface area contributed by atoms with E-state index in [1.165, 1.54) is 0 Å². The summed E-state index contributed by atoms with van der Waals surface area (Å²) in [5.41, 5.74) is 7.55. The SMILES string of the molecule is C=C(C)CNc1nc2ccc(N)cc2c(=O)[nH]1. The topological polar surface area (TPSA) is 83.8 Å². The Morgan fingerprint density at radius 1 is 1.59 bits per heavy atom. The van der Waals surface area contributed by atoms with E-state index in [9.17, 15) is 4.79 Å². The molecule has 0 aliphatic heterocycles. The minimum atomic E-state index is -0.202. The Bertz CT molecular complexity index is 630. The van der Waals surface area contributed by atoms with Crippen molar-refractivity contribution in [1.29, 1.82) is 0 Å². The molecule has 88 valence electrons. The molecule has 0 bridgehead atoms. The monoisotopic (exact) mass is 230 g/mol. The number of nitrogens with one attached hydrogen (secondary N) is 2. The molecule has 1 aromatic heterocycles. The molecule has 0 radical (unpaired) electrons. The molecular formula is C12H14N4O. The molecule has 0 amide bonds. The Hall–Kier alpha value is -2.30. The van der Waals surface area contributed by atoms with Crippen LogP contribution in [0.4, 0.5) is 11.6 Å². The van der Waals surface area contributed by atoms with Crippen LogP contribution >= 0.6 is 0 Å². The highest BCUT2D eigenvalue weighted by molar-refractivity contribution is 5.81. The van der Waals surface area contributed by atoms with Gasteiger partial charge in [0.15, 0.2) is 0 Å². The van der Waals surface area contributed by atoms with Crippen LogP contribution in [0.5, 0.6) is 0 Å². The van der Waals surface area contributed by atoms with Crippen LogP contribution in [0.25, 0.3) is 10.9 Å². The van der Waals surface area contributed by atoms with Crippen molar-refractivity contribution in [2.75, 3.05) is 17.6 Å². The third-order valence-corrected chi connectivity index (χ3v) is 2.29. The molecule has 17 heavy (non-hydrogen) atoms. The van der Waals surface area contributed by atoms with Gasteiger partial charge in [-0.25, -0.2) is 4.98 Å². The molecule has 0 aliphatic rings. The van der Waals surface area contributed by atoms with E-state index in [-0.39, 0.29) is 5.56 Å². The molecule has 0 saturated heterocycles. The average molecular weight is 230 g/mol. The molecular weight excluding hydrogens is 216 g/mol. The van der Waals surface area contributed by atoms with Crippen molar-refractivity contribution < 1.29 is 0 Å². The second-order valence-corrected chi connectivity index (χ2v) is 4.00. The van der Waals surface area contributed by atoms with Crippen LogP contribution in [0, 0.1) is 0 Å². The summed E-state index contributed by atoms with van der Waals surface area (Å²) in [5.74, 6) is 0.440. The van der Waals surface area contributed by atoms with E-state index in [0.717, 1.165) is 5.57 Å². The minimum absolute atomic E-state index is 0.202. The Morgan fingerprint density at radius 3 is 3.06 bits per heavy atom. The molecule has 4 N–H and O–H groups in total. The molecule has 1 aromatic carbocycles. The first kappa shape index (κ1) is 11.2. The van der Waals surface area contributed by atoms with E-state index in [0.29, 0.717) is 29.1 Å². The van der Waals surface area contributed by atoms with Crippen molar-refractivity contribution in [2.45, 2.75) is 6.92 Å². The smallest absolute Gasteiger partial charge is 0.260 e. The van der Waals surface area contributed by atoms with Gasteiger partial charge in [-0.05, 0) is 25.1 Å². The fraction of sp³-hybridized carbons (Fsp3) is 0.167. The summed E-state index contributed by atoms with van der Waals surface area (Å²) in [5, 5.41) is 3.49. The van der Waals surface area contributed by atoms with Crippen molar-refractivity contribution in [3.8, 4) is 0 Å². The molecule has 0 unspecified atom stereocenters. The summed E-state index contributed by atoms with van der Waals surface area (Å²) in [6, 6.07) is 5.06. The third kappa shape index (κ3) is 2.44. The van der Waals surface area contributed by atoms with Crippen LogP contribution in [-0.4, -0.2) is 16.5 Å². The number of H-pyrrole nitrogens is 1. The average Bonchev–Trinajstić information content (AvgIpc) is 2.27. The Labute approximate surface area is 98.4 Å². The maximum atomic E-state index is 11.8. The van der Waals surface area contributed by atoms with Crippen molar-refractivity contribution in [1.82, 2.24) is 9.97 Å². The zero-order valence-electron chi connectivity index (χ0n) is 9.58. The molecule has 0 spiro atoms. The third-order valence-electron chi connectivity index (χ3n) is 2.29. The van der Waals surface area contributed by atoms with Gasteiger partial charge in [0.1, 0.15) is 0 Å². The number of rotatable bonds is 3. The van der Waals surface area contributed by atoms with Gasteiger partial charge in [-0.1, -0.05) is 12.2 Å². The molecule has 0 saturated carbocycles. The summed E-state index contributed by atoms with van der Waals surface area (Å²) >= 11 is 0. The van der Waals surface area contributed by atoms with E-state index in [1.54, 1.807) is 18.2 Å². The molecule has 2 aromatic rings. The van der Waals surface area contributed by atoms with E-state index in [4.69, 9.17) is 5.73 Å². The number of hydrogen-bond acceptors (Lipinski definition) is 4. The first-order valence-electron chi connectivity index (χ1n) is 5.24. The van der Waals surface area contributed by atoms with E-state index in [2.05, 4.69) is 21.9 Å². The molecule has 1 heterocycles. The van der Waals surface area contributed by atoms with Crippen LogP contribution < -0.4 is 16.6 Å². The number of nitrogens with two attached hydrogens (primary N) is 1. The molecule has 5 nitrogen and oxygen atoms in total. The molecule has 0 atom stereocenters. The minimum Gasteiger partial charge on any atom is -0.399 e. The summed E-state index contributed by atoms with van der Waals surface area (Å²) in [4.78, 5) is 18.7. The van der Waals surface area contributed by atoms with Gasteiger partial charge in [-0.3, -0.25) is 9.78 Å². The number of hydrogen-bond donors (Lipinski definition) is 3. The van der Waals surface area contributed by atoms with Gasteiger partial charge >= 0.3 is 0 Å². The normalized spacial score (nSPS) is 10.4. The van der Waals surface area contributed by atoms with Crippen LogP contribution in [0.1, 0.15) is 6.92 Å². The lowest BCUT2D eigenvalue weighted by atomic mass is 10.2. The lowest BCUT2D eigenvalue weighted by molar-refractivity contribution is 1.10. The van der Waals surface area contributed by atoms with Crippen molar-refractivity contribution >= 4 is 22.5 Å². The van der Waals surface area contributed by atoms with Crippen molar-refractivity contribution in [2.24, 2.45) is 0 Å². The zero-order valence-corrected chi connectivity index (χ0v) is 9.58. The number of nitrogens with zero attached hydrogens (tertiary/aromatic N) is 1. The summed E-state index contributed by atoms with van der Waals surface area (Å²) in [7, 11) is 0. The van der Waals surface area contributed by atoms with Gasteiger partial charge in [0.05, 0.1) is 10.9 Å². The van der Waals surface area contributed by atoms with Gasteiger partial charge in [-0.15, -0.1) is 0 Å². The van der Waals surface area contributed by atoms with Crippen LogP contribution in [0.2, 0.25) is 0 Å². The summed E-state index contributed by atoms with van der Waals surface area (Å²) in [6.45, 7) is 6.24. The largest absolute Gasteiger partial charge is 0.399 e. The number of anilines is 2. The predicted octanol–water partition coefficient (Wildman–Crippen LogP) is 1.49. The highest BCUT2D eigenvalue weighted by Crippen LogP contribution is 2.12. The van der Waals surface area contributed by atoms with Gasteiger partial charge < -0.3 is 11.1 Å². The maximum Gasteiger partial charge on any atom is 0.260 e. The van der Waals surface area contributed by atoms with Crippen molar-refractivity contribution in [3.63, 3.8) is 0 Å². The summed E-state index contributed by atoms with van der Waals surface area (Å²) in [6.07, 6.45) is 0. The summed E-state index contributed by atoms with van der Waals surface area (Å²) < 4.78 is 0. The predicted molar refractivity (Wildman–Crippen MR) is 70.1 cm³/mol. The van der Waals surface area contributed by atoms with Gasteiger partial charge in [0.25, 0.3) is 5.56 Å². The number of aromatic nitrogens is 2.